The predicted molar refractivity (Wildman–Crippen MR) is 59.9 cm³/mol. The lowest BCUT2D eigenvalue weighted by molar-refractivity contribution is 0.343. The van der Waals surface area contributed by atoms with Crippen molar-refractivity contribution in [2.45, 2.75) is 39.7 Å². The molecule has 0 bridgehead atoms. The van der Waals surface area contributed by atoms with E-state index in [-0.39, 0.29) is 0 Å². The van der Waals surface area contributed by atoms with Gasteiger partial charge in [0, 0.05) is 11.8 Å². The molecule has 2 heteroatoms. The molecule has 1 N–H and O–H groups in total. The second-order valence-electron chi connectivity index (χ2n) is 4.54. The van der Waals surface area contributed by atoms with E-state index in [1.807, 2.05) is 11.8 Å². The standard InChI is InChI=1S/C10H23NS/c1-10(2,3)7-6-9(11-4)8-12-5/h9,11H,6-8H2,1-5H3. The van der Waals surface area contributed by atoms with Crippen LogP contribution in [0.15, 0.2) is 0 Å². The van der Waals surface area contributed by atoms with Gasteiger partial charge in [-0.3, -0.25) is 0 Å². The lowest BCUT2D eigenvalue weighted by Crippen LogP contribution is -2.28. The van der Waals surface area contributed by atoms with Crippen LogP contribution < -0.4 is 5.32 Å². The Morgan fingerprint density at radius 1 is 1.33 bits per heavy atom. The van der Waals surface area contributed by atoms with E-state index in [2.05, 4.69) is 39.4 Å². The van der Waals surface area contributed by atoms with Crippen LogP contribution in [0.1, 0.15) is 33.6 Å². The third-order valence-corrected chi connectivity index (χ3v) is 2.75. The molecule has 1 nitrogen and oxygen atoms in total. The van der Waals surface area contributed by atoms with Gasteiger partial charge in [0.25, 0.3) is 0 Å². The summed E-state index contributed by atoms with van der Waals surface area (Å²) in [7, 11) is 2.06. The van der Waals surface area contributed by atoms with Gasteiger partial charge in [-0.25, -0.2) is 0 Å². The molecule has 0 aliphatic carbocycles. The Kier molecular flexibility index (Phi) is 6.02. The second-order valence-corrected chi connectivity index (χ2v) is 5.45. The number of thioether (sulfide) groups is 1. The summed E-state index contributed by atoms with van der Waals surface area (Å²) in [4.78, 5) is 0. The van der Waals surface area contributed by atoms with Crippen LogP contribution in [0.5, 0.6) is 0 Å². The SMILES string of the molecule is CNC(CCC(C)(C)C)CSC. The monoisotopic (exact) mass is 189 g/mol. The summed E-state index contributed by atoms with van der Waals surface area (Å²) in [6.07, 6.45) is 4.77. The zero-order valence-electron chi connectivity index (χ0n) is 9.11. The summed E-state index contributed by atoms with van der Waals surface area (Å²) in [5.41, 5.74) is 0.480. The van der Waals surface area contributed by atoms with E-state index >= 15 is 0 Å². The number of hydrogen-bond donors (Lipinski definition) is 1. The third kappa shape index (κ3) is 6.99. The smallest absolute Gasteiger partial charge is 0.0155 e. The van der Waals surface area contributed by atoms with Gasteiger partial charge in [0.2, 0.25) is 0 Å². The average molecular weight is 189 g/mol. The molecule has 0 aliphatic rings. The molecular weight excluding hydrogens is 166 g/mol. The molecule has 0 radical (unpaired) electrons. The summed E-state index contributed by atoms with van der Waals surface area (Å²) in [6.45, 7) is 6.91. The minimum atomic E-state index is 0.480. The maximum atomic E-state index is 3.35. The van der Waals surface area contributed by atoms with Crippen LogP contribution in [0.2, 0.25) is 0 Å². The third-order valence-electron chi connectivity index (χ3n) is 2.02. The van der Waals surface area contributed by atoms with Gasteiger partial charge in [0.15, 0.2) is 0 Å². The van der Waals surface area contributed by atoms with Crippen molar-refractivity contribution >= 4 is 11.8 Å². The highest BCUT2D eigenvalue weighted by Crippen LogP contribution is 2.22. The van der Waals surface area contributed by atoms with E-state index in [9.17, 15) is 0 Å². The molecular formula is C10H23NS. The Balaban J connectivity index is 3.58. The van der Waals surface area contributed by atoms with Crippen molar-refractivity contribution in [2.75, 3.05) is 19.1 Å². The molecule has 1 unspecified atom stereocenters. The van der Waals surface area contributed by atoms with Crippen LogP contribution in [0.25, 0.3) is 0 Å². The maximum absolute atomic E-state index is 3.35. The minimum absolute atomic E-state index is 0.480. The lowest BCUT2D eigenvalue weighted by Gasteiger charge is -2.22. The molecule has 0 heterocycles. The Morgan fingerprint density at radius 3 is 2.25 bits per heavy atom. The summed E-state index contributed by atoms with van der Waals surface area (Å²) in [5, 5.41) is 3.35. The van der Waals surface area contributed by atoms with Crippen LogP contribution in [0, 0.1) is 5.41 Å². The molecule has 12 heavy (non-hydrogen) atoms. The molecule has 0 saturated heterocycles. The molecule has 0 fully saturated rings. The van der Waals surface area contributed by atoms with Crippen molar-refractivity contribution in [3.63, 3.8) is 0 Å². The Bertz CT molecular complexity index is 107. The van der Waals surface area contributed by atoms with Crippen LogP contribution >= 0.6 is 11.8 Å². The van der Waals surface area contributed by atoms with Gasteiger partial charge in [-0.1, -0.05) is 20.8 Å². The lowest BCUT2D eigenvalue weighted by atomic mass is 9.89. The van der Waals surface area contributed by atoms with Crippen LogP contribution in [0.4, 0.5) is 0 Å². The van der Waals surface area contributed by atoms with E-state index in [4.69, 9.17) is 0 Å². The number of rotatable bonds is 5. The number of nitrogens with one attached hydrogen (secondary N) is 1. The first-order valence-corrected chi connectivity index (χ1v) is 6.05. The highest BCUT2D eigenvalue weighted by Gasteiger charge is 2.13. The Hall–Kier alpha value is 0.310. The van der Waals surface area contributed by atoms with Crippen molar-refractivity contribution < 1.29 is 0 Å². The van der Waals surface area contributed by atoms with Crippen molar-refractivity contribution in [1.82, 2.24) is 5.32 Å². The topological polar surface area (TPSA) is 12.0 Å². The van der Waals surface area contributed by atoms with E-state index < -0.39 is 0 Å². The van der Waals surface area contributed by atoms with Crippen molar-refractivity contribution in [3.05, 3.63) is 0 Å². The van der Waals surface area contributed by atoms with Gasteiger partial charge in [-0.15, -0.1) is 0 Å². The van der Waals surface area contributed by atoms with Crippen LogP contribution in [-0.4, -0.2) is 25.1 Å². The van der Waals surface area contributed by atoms with E-state index in [0.29, 0.717) is 11.5 Å². The predicted octanol–water partition coefficient (Wildman–Crippen LogP) is 2.76. The van der Waals surface area contributed by atoms with Gasteiger partial charge in [0.05, 0.1) is 0 Å². The van der Waals surface area contributed by atoms with E-state index in [0.717, 1.165) is 0 Å². The zero-order chi connectivity index (χ0) is 9.61. The van der Waals surface area contributed by atoms with Gasteiger partial charge in [-0.05, 0) is 31.6 Å². The first-order valence-electron chi connectivity index (χ1n) is 4.66. The average Bonchev–Trinajstić information content (AvgIpc) is 1.96. The molecule has 1 atom stereocenters. The fraction of sp³-hybridized carbons (Fsp3) is 1.00. The first-order chi connectivity index (χ1) is 5.49. The molecule has 0 amide bonds. The Labute approximate surface area is 81.7 Å². The highest BCUT2D eigenvalue weighted by atomic mass is 32.2. The fourth-order valence-corrected chi connectivity index (χ4v) is 1.86. The zero-order valence-corrected chi connectivity index (χ0v) is 9.92. The maximum Gasteiger partial charge on any atom is 0.0155 e. The minimum Gasteiger partial charge on any atom is -0.316 e. The highest BCUT2D eigenvalue weighted by molar-refractivity contribution is 7.98. The molecule has 74 valence electrons. The largest absolute Gasteiger partial charge is 0.316 e. The summed E-state index contributed by atoms with van der Waals surface area (Å²) in [5.74, 6) is 1.23. The second kappa shape index (κ2) is 5.87. The first kappa shape index (κ1) is 12.3. The van der Waals surface area contributed by atoms with Crippen LogP contribution in [-0.2, 0) is 0 Å². The van der Waals surface area contributed by atoms with E-state index in [1.54, 1.807) is 0 Å². The molecule has 0 aromatic heterocycles. The van der Waals surface area contributed by atoms with Gasteiger partial charge in [-0.2, -0.15) is 11.8 Å². The van der Waals surface area contributed by atoms with Crippen molar-refractivity contribution in [3.8, 4) is 0 Å². The van der Waals surface area contributed by atoms with E-state index in [1.165, 1.54) is 18.6 Å². The van der Waals surface area contributed by atoms with Crippen LogP contribution in [0.3, 0.4) is 0 Å². The summed E-state index contributed by atoms with van der Waals surface area (Å²) < 4.78 is 0. The summed E-state index contributed by atoms with van der Waals surface area (Å²) >= 11 is 1.92. The quantitative estimate of drug-likeness (QED) is 0.714. The van der Waals surface area contributed by atoms with Gasteiger partial charge < -0.3 is 5.32 Å². The number of hydrogen-bond acceptors (Lipinski definition) is 2. The molecule has 0 aromatic rings. The van der Waals surface area contributed by atoms with Crippen molar-refractivity contribution in [2.24, 2.45) is 5.41 Å². The summed E-state index contributed by atoms with van der Waals surface area (Å²) in [6, 6.07) is 0.694. The van der Waals surface area contributed by atoms with Gasteiger partial charge >= 0.3 is 0 Å². The fourth-order valence-electron chi connectivity index (χ4n) is 1.12. The molecule has 0 saturated carbocycles. The molecule has 0 rings (SSSR count). The molecule has 0 aliphatic heterocycles. The molecule has 0 aromatic carbocycles. The van der Waals surface area contributed by atoms with Crippen molar-refractivity contribution in [1.29, 1.82) is 0 Å². The Morgan fingerprint density at radius 2 is 1.92 bits per heavy atom. The molecule has 0 spiro atoms. The van der Waals surface area contributed by atoms with Gasteiger partial charge in [0.1, 0.15) is 0 Å². The normalized spacial score (nSPS) is 14.8.